The van der Waals surface area contributed by atoms with Gasteiger partial charge in [-0.05, 0) is 38.5 Å². The normalized spacial score (nSPS) is 12.2. The standard InChI is InChI=1S/C25H47NO3/c1-4-6-8-9-10-11-12-13-14-15-16-17-18-19-20-22-24(27)26-23(21-7-5-2)25(28)29-3/h13-14,23H,4-12,15-22H2,1-3H3,(H,26,27)/b14-13-/t23-/m0/s1. The van der Waals surface area contributed by atoms with Crippen LogP contribution >= 0.6 is 0 Å². The lowest BCUT2D eigenvalue weighted by atomic mass is 10.1. The highest BCUT2D eigenvalue weighted by Crippen LogP contribution is 2.10. The Balaban J connectivity index is 3.55. The van der Waals surface area contributed by atoms with E-state index in [9.17, 15) is 9.59 Å². The number of allylic oxidation sites excluding steroid dienone is 2. The minimum Gasteiger partial charge on any atom is -0.467 e. The predicted molar refractivity (Wildman–Crippen MR) is 123 cm³/mol. The van der Waals surface area contributed by atoms with Gasteiger partial charge in [-0.1, -0.05) is 90.2 Å². The molecule has 0 aromatic heterocycles. The zero-order valence-electron chi connectivity index (χ0n) is 19.5. The summed E-state index contributed by atoms with van der Waals surface area (Å²) in [5.74, 6) is -0.370. The topological polar surface area (TPSA) is 55.4 Å². The summed E-state index contributed by atoms with van der Waals surface area (Å²) in [5, 5.41) is 2.83. The Morgan fingerprint density at radius 1 is 0.759 bits per heavy atom. The number of amides is 1. The van der Waals surface area contributed by atoms with Crippen molar-refractivity contribution in [3.8, 4) is 0 Å². The zero-order chi connectivity index (χ0) is 21.6. The average molecular weight is 410 g/mol. The van der Waals surface area contributed by atoms with Gasteiger partial charge in [-0.15, -0.1) is 0 Å². The lowest BCUT2D eigenvalue weighted by Crippen LogP contribution is -2.41. The highest BCUT2D eigenvalue weighted by atomic mass is 16.5. The summed E-state index contributed by atoms with van der Waals surface area (Å²) in [6, 6.07) is -0.490. The van der Waals surface area contributed by atoms with Crippen molar-refractivity contribution in [2.75, 3.05) is 7.11 Å². The molecule has 0 heterocycles. The van der Waals surface area contributed by atoms with Crippen molar-refractivity contribution < 1.29 is 14.3 Å². The molecule has 1 atom stereocenters. The number of carbonyl (C=O) groups excluding carboxylic acids is 2. The van der Waals surface area contributed by atoms with Gasteiger partial charge in [-0.3, -0.25) is 4.79 Å². The smallest absolute Gasteiger partial charge is 0.328 e. The van der Waals surface area contributed by atoms with Crippen LogP contribution in [0.4, 0.5) is 0 Å². The zero-order valence-corrected chi connectivity index (χ0v) is 19.5. The number of rotatable bonds is 20. The maximum atomic E-state index is 12.0. The number of hydrogen-bond acceptors (Lipinski definition) is 3. The number of hydrogen-bond donors (Lipinski definition) is 1. The van der Waals surface area contributed by atoms with Crippen LogP contribution in [0.15, 0.2) is 12.2 Å². The monoisotopic (exact) mass is 409 g/mol. The molecule has 0 rings (SSSR count). The van der Waals surface area contributed by atoms with Gasteiger partial charge >= 0.3 is 5.97 Å². The largest absolute Gasteiger partial charge is 0.467 e. The van der Waals surface area contributed by atoms with Crippen LogP contribution in [0.1, 0.15) is 123 Å². The fourth-order valence-corrected chi connectivity index (χ4v) is 3.42. The number of esters is 1. The Bertz CT molecular complexity index is 420. The van der Waals surface area contributed by atoms with Crippen LogP contribution in [-0.4, -0.2) is 25.0 Å². The molecular weight excluding hydrogens is 362 g/mol. The molecule has 0 fully saturated rings. The van der Waals surface area contributed by atoms with Crippen LogP contribution in [0.2, 0.25) is 0 Å². The second-order valence-corrected chi connectivity index (χ2v) is 8.12. The number of carbonyl (C=O) groups is 2. The molecule has 29 heavy (non-hydrogen) atoms. The third-order valence-corrected chi connectivity index (χ3v) is 5.33. The molecule has 0 aliphatic carbocycles. The van der Waals surface area contributed by atoms with Gasteiger partial charge in [0.1, 0.15) is 6.04 Å². The van der Waals surface area contributed by atoms with Crippen LogP contribution in [0.3, 0.4) is 0 Å². The molecule has 4 nitrogen and oxygen atoms in total. The number of nitrogens with one attached hydrogen (secondary N) is 1. The van der Waals surface area contributed by atoms with E-state index in [1.54, 1.807) is 0 Å². The van der Waals surface area contributed by atoms with E-state index in [4.69, 9.17) is 4.74 Å². The predicted octanol–water partition coefficient (Wildman–Crippen LogP) is 6.87. The third kappa shape index (κ3) is 18.4. The molecule has 1 N–H and O–H groups in total. The highest BCUT2D eigenvalue weighted by molar-refractivity contribution is 5.84. The molecule has 0 aliphatic rings. The van der Waals surface area contributed by atoms with Crippen LogP contribution in [-0.2, 0) is 14.3 Å². The molecule has 4 heteroatoms. The van der Waals surface area contributed by atoms with E-state index < -0.39 is 6.04 Å². The molecule has 170 valence electrons. The van der Waals surface area contributed by atoms with Gasteiger partial charge in [0.15, 0.2) is 0 Å². The van der Waals surface area contributed by atoms with Gasteiger partial charge in [0.25, 0.3) is 0 Å². The van der Waals surface area contributed by atoms with E-state index in [1.807, 2.05) is 0 Å². The minimum atomic E-state index is -0.490. The van der Waals surface area contributed by atoms with Crippen LogP contribution in [0.25, 0.3) is 0 Å². The summed E-state index contributed by atoms with van der Waals surface area (Å²) in [4.78, 5) is 23.8. The average Bonchev–Trinajstić information content (AvgIpc) is 2.73. The number of ether oxygens (including phenoxy) is 1. The lowest BCUT2D eigenvalue weighted by molar-refractivity contribution is -0.145. The second-order valence-electron chi connectivity index (χ2n) is 8.12. The lowest BCUT2D eigenvalue weighted by Gasteiger charge is -2.16. The van der Waals surface area contributed by atoms with Crippen LogP contribution in [0.5, 0.6) is 0 Å². The Kier molecular flexibility index (Phi) is 20.4. The Hall–Kier alpha value is -1.32. The quantitative estimate of drug-likeness (QED) is 0.136. The van der Waals surface area contributed by atoms with Crippen molar-refractivity contribution in [2.45, 2.75) is 129 Å². The van der Waals surface area contributed by atoms with Crippen molar-refractivity contribution in [1.82, 2.24) is 5.32 Å². The van der Waals surface area contributed by atoms with E-state index in [1.165, 1.54) is 77.7 Å². The first-order chi connectivity index (χ1) is 14.2. The van der Waals surface area contributed by atoms with E-state index in [-0.39, 0.29) is 11.9 Å². The van der Waals surface area contributed by atoms with Gasteiger partial charge < -0.3 is 10.1 Å². The van der Waals surface area contributed by atoms with Gasteiger partial charge in [0.2, 0.25) is 5.91 Å². The van der Waals surface area contributed by atoms with E-state index in [0.717, 1.165) is 25.7 Å². The third-order valence-electron chi connectivity index (χ3n) is 5.33. The molecule has 0 saturated carbocycles. The SMILES string of the molecule is CCCCCCCC/C=C\CCCCCCCC(=O)N[C@@H](CCCC)C(=O)OC. The van der Waals surface area contributed by atoms with Gasteiger partial charge in [-0.25, -0.2) is 4.79 Å². The first kappa shape index (κ1) is 27.7. The molecule has 0 unspecified atom stereocenters. The van der Waals surface area contributed by atoms with E-state index in [0.29, 0.717) is 12.8 Å². The molecule has 0 saturated heterocycles. The summed E-state index contributed by atoms with van der Waals surface area (Å²) in [7, 11) is 1.37. The fourth-order valence-electron chi connectivity index (χ4n) is 3.42. The van der Waals surface area contributed by atoms with E-state index >= 15 is 0 Å². The van der Waals surface area contributed by atoms with Gasteiger partial charge in [0.05, 0.1) is 7.11 Å². The Morgan fingerprint density at radius 2 is 1.28 bits per heavy atom. The van der Waals surface area contributed by atoms with Crippen molar-refractivity contribution >= 4 is 11.9 Å². The minimum absolute atomic E-state index is 0.0332. The highest BCUT2D eigenvalue weighted by Gasteiger charge is 2.20. The molecule has 0 aromatic rings. The maximum absolute atomic E-state index is 12.0. The molecule has 1 amide bonds. The molecule has 0 aliphatic heterocycles. The van der Waals surface area contributed by atoms with Crippen molar-refractivity contribution in [3.05, 3.63) is 12.2 Å². The van der Waals surface area contributed by atoms with Crippen LogP contribution < -0.4 is 5.32 Å². The Morgan fingerprint density at radius 3 is 1.83 bits per heavy atom. The van der Waals surface area contributed by atoms with Gasteiger partial charge in [-0.2, -0.15) is 0 Å². The van der Waals surface area contributed by atoms with Crippen molar-refractivity contribution in [3.63, 3.8) is 0 Å². The van der Waals surface area contributed by atoms with Crippen molar-refractivity contribution in [1.29, 1.82) is 0 Å². The summed E-state index contributed by atoms with van der Waals surface area (Å²) in [5.41, 5.74) is 0. The molecule has 0 aromatic carbocycles. The molecular formula is C25H47NO3. The van der Waals surface area contributed by atoms with Crippen molar-refractivity contribution in [2.24, 2.45) is 0 Å². The second kappa shape index (κ2) is 21.4. The number of unbranched alkanes of at least 4 members (excludes halogenated alkanes) is 12. The first-order valence-electron chi connectivity index (χ1n) is 12.2. The summed E-state index contributed by atoms with van der Waals surface area (Å²) in [6.07, 6.45) is 23.9. The molecule has 0 spiro atoms. The molecule has 0 bridgehead atoms. The first-order valence-corrected chi connectivity index (χ1v) is 12.2. The van der Waals surface area contributed by atoms with E-state index in [2.05, 4.69) is 31.3 Å². The molecule has 0 radical (unpaired) electrons. The number of methoxy groups -OCH3 is 1. The summed E-state index contributed by atoms with van der Waals surface area (Å²) >= 11 is 0. The summed E-state index contributed by atoms with van der Waals surface area (Å²) < 4.78 is 4.78. The van der Waals surface area contributed by atoms with Gasteiger partial charge in [0, 0.05) is 6.42 Å². The Labute approximate surface area is 180 Å². The summed E-state index contributed by atoms with van der Waals surface area (Å²) in [6.45, 7) is 4.33. The maximum Gasteiger partial charge on any atom is 0.328 e. The van der Waals surface area contributed by atoms with Crippen LogP contribution in [0, 0.1) is 0 Å². The fraction of sp³-hybridized carbons (Fsp3) is 0.840.